The molecule has 0 bridgehead atoms. The lowest BCUT2D eigenvalue weighted by molar-refractivity contribution is -0.149. The molecule has 3 fully saturated rings. The number of amides is 2. The fraction of sp³-hybridized carbons (Fsp3) is 0.562. The van der Waals surface area contributed by atoms with Crippen molar-refractivity contribution in [1.82, 2.24) is 20.2 Å². The molecule has 41 heavy (non-hydrogen) atoms. The zero-order chi connectivity index (χ0) is 28.3. The Bertz CT molecular complexity index is 1380. The number of hydrogen-bond donors (Lipinski definition) is 3. The first kappa shape index (κ1) is 27.5. The number of benzene rings is 1. The first-order valence-corrected chi connectivity index (χ1v) is 15.4. The zero-order valence-electron chi connectivity index (χ0n) is 23.5. The summed E-state index contributed by atoms with van der Waals surface area (Å²) < 4.78 is 7.70. The molecule has 0 aliphatic heterocycles. The summed E-state index contributed by atoms with van der Waals surface area (Å²) in [4.78, 5) is 42.7. The predicted molar refractivity (Wildman–Crippen MR) is 154 cm³/mol. The molecule has 2 aromatic heterocycles. The fourth-order valence-electron chi connectivity index (χ4n) is 7.24. The topological polar surface area (TPSA) is 126 Å². The number of carbonyl (C=O) groups excluding carboxylic acids is 2. The molecule has 3 aromatic rings. The molecular weight excluding hydrogens is 520 g/mol. The Kier molecular flexibility index (Phi) is 8.12. The number of fused-ring (bicyclic) bond motifs is 1. The largest absolute Gasteiger partial charge is 0.481 e. The summed E-state index contributed by atoms with van der Waals surface area (Å²) in [6.07, 6.45) is 15.4. The van der Waals surface area contributed by atoms with Gasteiger partial charge in [-0.3, -0.25) is 14.4 Å². The normalized spacial score (nSPS) is 25.6. The molecule has 1 aromatic carbocycles. The first-order valence-electron chi connectivity index (χ1n) is 15.4. The molecule has 218 valence electrons. The third-order valence-corrected chi connectivity index (χ3v) is 9.50. The van der Waals surface area contributed by atoms with Crippen LogP contribution in [0.4, 0.5) is 0 Å². The van der Waals surface area contributed by atoms with Crippen molar-refractivity contribution in [3.8, 4) is 11.4 Å². The number of carbonyl (C=O) groups is 3. The second kappa shape index (κ2) is 12.1. The van der Waals surface area contributed by atoms with Gasteiger partial charge in [-0.15, -0.1) is 0 Å². The summed E-state index contributed by atoms with van der Waals surface area (Å²) in [6.45, 7) is 0. The zero-order valence-corrected chi connectivity index (χ0v) is 23.5. The van der Waals surface area contributed by atoms with E-state index < -0.39 is 17.8 Å². The van der Waals surface area contributed by atoms with E-state index in [1.165, 1.54) is 19.3 Å². The number of aliphatic carboxylic acids is 1. The van der Waals surface area contributed by atoms with Gasteiger partial charge in [0.15, 0.2) is 0 Å². The molecule has 3 N–H and O–H groups in total. The Labute approximate surface area is 240 Å². The summed E-state index contributed by atoms with van der Waals surface area (Å²) in [5, 5.41) is 15.8. The minimum Gasteiger partial charge on any atom is -0.481 e. The summed E-state index contributed by atoms with van der Waals surface area (Å²) in [7, 11) is 0. The number of rotatable bonds is 7. The van der Waals surface area contributed by atoms with E-state index in [9.17, 15) is 19.5 Å². The number of carboxylic acids is 1. The summed E-state index contributed by atoms with van der Waals surface area (Å²) in [6, 6.07) is 8.20. The standard InChI is InChI=1S/C32H40N4O5/c37-30(33-22-11-13-23(14-12-22)34-31(38)25-8-4-5-9-26(25)32(39)40)20-10-15-28-27(18-20)35-29(21-16-17-41-19-21)36(28)24-6-2-1-3-7-24/h10,15-19,22-26H,1-9,11-14H2,(H,33,37)(H,34,38)(H,39,40)/t22?,23?,25-,26+/m1/s1. The van der Waals surface area contributed by atoms with Crippen molar-refractivity contribution in [2.24, 2.45) is 11.8 Å². The van der Waals surface area contributed by atoms with Crippen LogP contribution in [-0.2, 0) is 9.59 Å². The van der Waals surface area contributed by atoms with Crippen LogP contribution >= 0.6 is 0 Å². The van der Waals surface area contributed by atoms with Gasteiger partial charge in [-0.05, 0) is 75.6 Å². The van der Waals surface area contributed by atoms with Gasteiger partial charge < -0.3 is 24.7 Å². The van der Waals surface area contributed by atoms with Gasteiger partial charge in [0.05, 0.1) is 34.7 Å². The molecule has 2 amide bonds. The lowest BCUT2D eigenvalue weighted by Crippen LogP contribution is -2.47. The molecule has 3 saturated carbocycles. The van der Waals surface area contributed by atoms with Crippen molar-refractivity contribution in [2.75, 3.05) is 0 Å². The molecule has 3 aliphatic rings. The van der Waals surface area contributed by atoms with Crippen molar-refractivity contribution < 1.29 is 23.9 Å². The van der Waals surface area contributed by atoms with E-state index >= 15 is 0 Å². The monoisotopic (exact) mass is 560 g/mol. The van der Waals surface area contributed by atoms with Crippen LogP contribution in [0.25, 0.3) is 22.4 Å². The summed E-state index contributed by atoms with van der Waals surface area (Å²) in [5.74, 6) is -1.23. The molecule has 2 heterocycles. The Hall–Kier alpha value is -3.62. The number of carboxylic acid groups (broad SMARTS) is 1. The highest BCUT2D eigenvalue weighted by Gasteiger charge is 2.37. The average molecular weight is 561 g/mol. The Morgan fingerprint density at radius 3 is 2.20 bits per heavy atom. The van der Waals surface area contributed by atoms with Crippen molar-refractivity contribution in [2.45, 2.75) is 102 Å². The van der Waals surface area contributed by atoms with Crippen LogP contribution in [-0.4, -0.2) is 44.5 Å². The third-order valence-electron chi connectivity index (χ3n) is 9.50. The number of aromatic nitrogens is 2. The molecule has 9 nitrogen and oxygen atoms in total. The van der Waals surface area contributed by atoms with E-state index in [0.29, 0.717) is 24.4 Å². The maximum Gasteiger partial charge on any atom is 0.307 e. The maximum absolute atomic E-state index is 13.3. The van der Waals surface area contributed by atoms with Gasteiger partial charge in [0.25, 0.3) is 5.91 Å². The highest BCUT2D eigenvalue weighted by molar-refractivity contribution is 5.98. The van der Waals surface area contributed by atoms with Gasteiger partial charge in [0.1, 0.15) is 12.1 Å². The van der Waals surface area contributed by atoms with Gasteiger partial charge in [0.2, 0.25) is 5.91 Å². The van der Waals surface area contributed by atoms with E-state index in [1.807, 2.05) is 24.3 Å². The van der Waals surface area contributed by atoms with Crippen LogP contribution in [0, 0.1) is 11.8 Å². The van der Waals surface area contributed by atoms with Crippen LogP contribution in [0.5, 0.6) is 0 Å². The second-order valence-corrected chi connectivity index (χ2v) is 12.2. The second-order valence-electron chi connectivity index (χ2n) is 12.2. The molecule has 0 radical (unpaired) electrons. The smallest absolute Gasteiger partial charge is 0.307 e. The molecule has 0 spiro atoms. The molecule has 0 unspecified atom stereocenters. The van der Waals surface area contributed by atoms with Gasteiger partial charge in [-0.2, -0.15) is 0 Å². The van der Waals surface area contributed by atoms with E-state index in [2.05, 4.69) is 15.2 Å². The van der Waals surface area contributed by atoms with Crippen LogP contribution < -0.4 is 10.6 Å². The Morgan fingerprint density at radius 1 is 0.829 bits per heavy atom. The Morgan fingerprint density at radius 2 is 1.51 bits per heavy atom. The van der Waals surface area contributed by atoms with Gasteiger partial charge in [-0.25, -0.2) is 4.98 Å². The fourth-order valence-corrected chi connectivity index (χ4v) is 7.24. The van der Waals surface area contributed by atoms with Crippen LogP contribution in [0.3, 0.4) is 0 Å². The quantitative estimate of drug-likeness (QED) is 0.333. The van der Waals surface area contributed by atoms with Crippen molar-refractivity contribution in [3.63, 3.8) is 0 Å². The first-order chi connectivity index (χ1) is 20.0. The van der Waals surface area contributed by atoms with E-state index in [4.69, 9.17) is 9.40 Å². The van der Waals surface area contributed by atoms with E-state index in [-0.39, 0.29) is 23.9 Å². The van der Waals surface area contributed by atoms with Crippen LogP contribution in [0.1, 0.15) is 99.9 Å². The van der Waals surface area contributed by atoms with Crippen molar-refractivity contribution in [1.29, 1.82) is 0 Å². The number of nitrogens with zero attached hydrogens (tertiary/aromatic N) is 2. The molecule has 2 atom stereocenters. The number of furan rings is 1. The lowest BCUT2D eigenvalue weighted by Gasteiger charge is -2.33. The summed E-state index contributed by atoms with van der Waals surface area (Å²) in [5.41, 5.74) is 3.40. The maximum atomic E-state index is 13.3. The highest BCUT2D eigenvalue weighted by Crippen LogP contribution is 2.36. The van der Waals surface area contributed by atoms with Crippen molar-refractivity contribution >= 4 is 28.8 Å². The highest BCUT2D eigenvalue weighted by atomic mass is 16.4. The number of imidazole rings is 1. The SMILES string of the molecule is O=C(NC1CCC(NC(=O)[C@@H]2CCCC[C@@H]2C(=O)O)CC1)c1ccc2c(c1)nc(-c1ccoc1)n2C1CCCCC1. The number of nitrogens with one attached hydrogen (secondary N) is 2. The van der Waals surface area contributed by atoms with Crippen LogP contribution in [0.15, 0.2) is 41.2 Å². The minimum atomic E-state index is -0.868. The molecular formula is C32H40N4O5. The average Bonchev–Trinajstić information content (AvgIpc) is 3.66. The van der Waals surface area contributed by atoms with Crippen molar-refractivity contribution in [3.05, 3.63) is 42.4 Å². The molecule has 9 heteroatoms. The lowest BCUT2D eigenvalue weighted by atomic mass is 9.78. The number of hydrogen-bond acceptors (Lipinski definition) is 5. The minimum absolute atomic E-state index is 0.0217. The summed E-state index contributed by atoms with van der Waals surface area (Å²) >= 11 is 0. The molecule has 6 rings (SSSR count). The van der Waals surface area contributed by atoms with Gasteiger partial charge >= 0.3 is 5.97 Å². The van der Waals surface area contributed by atoms with Gasteiger partial charge in [0, 0.05) is 23.7 Å². The van der Waals surface area contributed by atoms with Gasteiger partial charge in [-0.1, -0.05) is 32.1 Å². The van der Waals surface area contributed by atoms with E-state index in [1.54, 1.807) is 12.5 Å². The van der Waals surface area contributed by atoms with E-state index in [0.717, 1.165) is 73.8 Å². The molecule has 0 saturated heterocycles. The molecule has 3 aliphatic carbocycles. The predicted octanol–water partition coefficient (Wildman–Crippen LogP) is 5.85. The Balaban J connectivity index is 1.09. The van der Waals surface area contributed by atoms with Crippen LogP contribution in [0.2, 0.25) is 0 Å². The third kappa shape index (κ3) is 5.90.